The Hall–Kier alpha value is -1.69. The summed E-state index contributed by atoms with van der Waals surface area (Å²) in [5.74, 6) is -0.295. The largest absolute Gasteiger partial charge is 0.453 e. The Bertz CT molecular complexity index is 755. The van der Waals surface area contributed by atoms with Gasteiger partial charge in [0.05, 0.1) is 5.37 Å². The summed E-state index contributed by atoms with van der Waals surface area (Å²) in [4.78, 5) is 27.8. The first kappa shape index (κ1) is 22.4. The zero-order chi connectivity index (χ0) is 17.3. The van der Waals surface area contributed by atoms with E-state index < -0.39 is 5.91 Å². The summed E-state index contributed by atoms with van der Waals surface area (Å²) >= 11 is 2.70. The fourth-order valence-corrected chi connectivity index (χ4v) is 4.06. The van der Waals surface area contributed by atoms with Crippen molar-refractivity contribution in [1.82, 2.24) is 15.6 Å². The molecule has 2 atom stereocenters. The quantitative estimate of drug-likeness (QED) is 0.232. The number of anilines is 1. The fraction of sp³-hybridized carbons (Fsp3) is 0.385. The van der Waals surface area contributed by atoms with E-state index in [1.165, 1.54) is 5.38 Å². The molecule has 0 spiro atoms. The number of ether oxygens (including phenoxy) is 1. The zero-order valence-electron chi connectivity index (χ0n) is 13.4. The number of amides is 1. The van der Waals surface area contributed by atoms with Gasteiger partial charge in [-0.3, -0.25) is 4.79 Å². The smallest absolute Gasteiger partial charge is 0.355 e. The van der Waals surface area contributed by atoms with Crippen LogP contribution in [0.2, 0.25) is 0 Å². The van der Waals surface area contributed by atoms with E-state index in [-0.39, 0.29) is 65.3 Å². The first-order chi connectivity index (χ1) is 11.5. The highest BCUT2D eigenvalue weighted by Gasteiger charge is 2.36. The molecule has 0 aliphatic carbocycles. The van der Waals surface area contributed by atoms with Crippen molar-refractivity contribution >= 4 is 70.6 Å². The molecule has 1 aromatic heterocycles. The maximum atomic E-state index is 12.2. The summed E-state index contributed by atoms with van der Waals surface area (Å²) in [6, 6.07) is 0. The second kappa shape index (κ2) is 9.31. The molecule has 1 aromatic rings. The number of thioether (sulfide) groups is 1. The molecule has 2 aliphatic rings. The van der Waals surface area contributed by atoms with Crippen molar-refractivity contribution in [2.75, 3.05) is 18.0 Å². The van der Waals surface area contributed by atoms with Crippen LogP contribution in [-0.4, -0.2) is 51.6 Å². The number of nitrogens with two attached hydrogens (primary N) is 1. The van der Waals surface area contributed by atoms with Crippen molar-refractivity contribution in [3.05, 3.63) is 22.3 Å². The van der Waals surface area contributed by atoms with Crippen LogP contribution in [0, 0.1) is 0 Å². The Morgan fingerprint density at radius 1 is 1.58 bits per heavy atom. The lowest BCUT2D eigenvalue weighted by atomic mass is 10.1. The van der Waals surface area contributed by atoms with Crippen molar-refractivity contribution in [3.8, 4) is 0 Å². The standard InChI is InChI=1S/C13H15N5O4S2.2ClH/c1-5-6-3-23-8(17-9(6)12(20)22-5)2-15-11(19)10(18-21)7-4-24-13(14)16-7;;/h4-5,8,17,21H,2-3H2,1H3,(H2,14,16)(H,15,19);2*1H/b18-10-;;. The molecule has 2 aliphatic heterocycles. The van der Waals surface area contributed by atoms with E-state index in [0.717, 1.165) is 16.9 Å². The Kier molecular flexibility index (Phi) is 8.00. The Balaban J connectivity index is 0.00000169. The summed E-state index contributed by atoms with van der Waals surface area (Å²) in [6.07, 6.45) is -0.216. The van der Waals surface area contributed by atoms with Crippen molar-refractivity contribution in [2.24, 2.45) is 5.16 Å². The van der Waals surface area contributed by atoms with Gasteiger partial charge in [0, 0.05) is 23.3 Å². The SMILES string of the molecule is CC1OC(=O)C2=C1CSC(CNC(=O)/C(=N\O)c1csc(N)n1)N2.Cl.Cl. The molecule has 5 N–H and O–H groups in total. The molecular formula is C13H17Cl2N5O4S2. The molecule has 9 nitrogen and oxygen atoms in total. The number of cyclic esters (lactones) is 1. The lowest BCUT2D eigenvalue weighted by Crippen LogP contribution is -2.44. The third-order valence-corrected chi connectivity index (χ3v) is 5.41. The minimum Gasteiger partial charge on any atom is -0.453 e. The number of halogens is 2. The van der Waals surface area contributed by atoms with Gasteiger partial charge in [-0.05, 0) is 6.92 Å². The number of aromatic nitrogens is 1. The highest BCUT2D eigenvalue weighted by molar-refractivity contribution is 8.00. The van der Waals surface area contributed by atoms with Crippen LogP contribution >= 0.6 is 47.9 Å². The van der Waals surface area contributed by atoms with Gasteiger partial charge in [-0.2, -0.15) is 0 Å². The maximum absolute atomic E-state index is 12.2. The predicted octanol–water partition coefficient (Wildman–Crippen LogP) is 0.725. The van der Waals surface area contributed by atoms with Crippen molar-refractivity contribution in [2.45, 2.75) is 18.4 Å². The number of oxime groups is 1. The van der Waals surface area contributed by atoms with Crippen LogP contribution < -0.4 is 16.4 Å². The topological polar surface area (TPSA) is 139 Å². The molecule has 1 amide bonds. The van der Waals surface area contributed by atoms with E-state index in [4.69, 9.17) is 15.7 Å². The molecule has 0 radical (unpaired) electrons. The van der Waals surface area contributed by atoms with Gasteiger partial charge in [0.25, 0.3) is 5.91 Å². The number of nitrogens with one attached hydrogen (secondary N) is 2. The lowest BCUT2D eigenvalue weighted by Gasteiger charge is -2.24. The van der Waals surface area contributed by atoms with Gasteiger partial charge in [0.1, 0.15) is 17.5 Å². The van der Waals surface area contributed by atoms with Gasteiger partial charge >= 0.3 is 5.97 Å². The molecule has 2 unspecified atom stereocenters. The lowest BCUT2D eigenvalue weighted by molar-refractivity contribution is -0.139. The van der Waals surface area contributed by atoms with Crippen LogP contribution in [0.3, 0.4) is 0 Å². The monoisotopic (exact) mass is 441 g/mol. The van der Waals surface area contributed by atoms with Crippen LogP contribution in [0.4, 0.5) is 5.13 Å². The number of hydrogen-bond donors (Lipinski definition) is 4. The number of carbonyl (C=O) groups is 2. The van der Waals surface area contributed by atoms with E-state index in [1.54, 1.807) is 11.8 Å². The van der Waals surface area contributed by atoms with Crippen LogP contribution in [0.1, 0.15) is 12.6 Å². The molecular weight excluding hydrogens is 425 g/mol. The molecule has 144 valence electrons. The number of esters is 1. The van der Waals surface area contributed by atoms with Crippen molar-refractivity contribution in [1.29, 1.82) is 0 Å². The second-order valence-corrected chi connectivity index (χ2v) is 7.20. The summed E-state index contributed by atoms with van der Waals surface area (Å²) in [6.45, 7) is 2.06. The zero-order valence-corrected chi connectivity index (χ0v) is 16.7. The van der Waals surface area contributed by atoms with Gasteiger partial charge in [0.2, 0.25) is 0 Å². The number of hydrogen-bond acceptors (Lipinski definition) is 10. The number of carbonyl (C=O) groups excluding carboxylic acids is 2. The summed E-state index contributed by atoms with van der Waals surface area (Å²) in [7, 11) is 0. The number of nitrogen functional groups attached to an aromatic ring is 1. The van der Waals surface area contributed by atoms with Crippen molar-refractivity contribution in [3.63, 3.8) is 0 Å². The van der Waals surface area contributed by atoms with Gasteiger partial charge in [0.15, 0.2) is 10.8 Å². The first-order valence-electron chi connectivity index (χ1n) is 7.03. The highest BCUT2D eigenvalue weighted by atomic mass is 35.5. The summed E-state index contributed by atoms with van der Waals surface area (Å²) < 4.78 is 5.15. The van der Waals surface area contributed by atoms with E-state index >= 15 is 0 Å². The maximum Gasteiger partial charge on any atom is 0.355 e. The Morgan fingerprint density at radius 3 is 2.92 bits per heavy atom. The molecule has 0 fully saturated rings. The van der Waals surface area contributed by atoms with Gasteiger partial charge in [-0.15, -0.1) is 47.9 Å². The van der Waals surface area contributed by atoms with E-state index in [9.17, 15) is 9.59 Å². The van der Waals surface area contributed by atoms with Crippen molar-refractivity contribution < 1.29 is 19.5 Å². The summed E-state index contributed by atoms with van der Waals surface area (Å²) in [5, 5.41) is 19.4. The second-order valence-electron chi connectivity index (χ2n) is 5.12. The molecule has 3 rings (SSSR count). The van der Waals surface area contributed by atoms with Crippen LogP contribution in [0.15, 0.2) is 21.8 Å². The van der Waals surface area contributed by atoms with Crippen LogP contribution in [-0.2, 0) is 14.3 Å². The predicted molar refractivity (Wildman–Crippen MR) is 104 cm³/mol. The average molecular weight is 442 g/mol. The average Bonchev–Trinajstić information content (AvgIpc) is 3.10. The molecule has 0 aromatic carbocycles. The third kappa shape index (κ3) is 4.53. The van der Waals surface area contributed by atoms with Crippen LogP contribution in [0.25, 0.3) is 0 Å². The molecule has 0 bridgehead atoms. The highest BCUT2D eigenvalue weighted by Crippen LogP contribution is 2.30. The Labute approximate surface area is 169 Å². The molecule has 3 heterocycles. The third-order valence-electron chi connectivity index (χ3n) is 3.57. The van der Waals surface area contributed by atoms with Gasteiger partial charge < -0.3 is 26.3 Å². The normalized spacial score (nSPS) is 21.7. The molecule has 13 heteroatoms. The fourth-order valence-electron chi connectivity index (χ4n) is 2.35. The number of rotatable bonds is 4. The van der Waals surface area contributed by atoms with E-state index in [1.807, 2.05) is 6.92 Å². The number of nitrogens with zero attached hydrogens (tertiary/aromatic N) is 2. The minimum atomic E-state index is -0.577. The molecule has 0 saturated carbocycles. The first-order valence-corrected chi connectivity index (χ1v) is 8.96. The molecule has 26 heavy (non-hydrogen) atoms. The van der Waals surface area contributed by atoms with Gasteiger partial charge in [-0.1, -0.05) is 5.16 Å². The Morgan fingerprint density at radius 2 is 2.31 bits per heavy atom. The number of thiazole rings is 1. The molecule has 0 saturated heterocycles. The van der Waals surface area contributed by atoms with E-state index in [0.29, 0.717) is 11.4 Å². The van der Waals surface area contributed by atoms with Crippen LogP contribution in [0.5, 0.6) is 0 Å². The van der Waals surface area contributed by atoms with E-state index in [2.05, 4.69) is 20.8 Å². The van der Waals surface area contributed by atoms with Gasteiger partial charge in [-0.25, -0.2) is 9.78 Å². The summed E-state index contributed by atoms with van der Waals surface area (Å²) in [5.41, 5.74) is 6.92. The minimum absolute atomic E-state index is 0.